The van der Waals surface area contributed by atoms with E-state index in [9.17, 15) is 9.59 Å². The molecule has 5 rings (SSSR count). The first-order valence-electron chi connectivity index (χ1n) is 11.2. The maximum absolute atomic E-state index is 13.0. The van der Waals surface area contributed by atoms with Gasteiger partial charge in [0.2, 0.25) is 0 Å². The molecule has 2 heterocycles. The number of nitrogens with zero attached hydrogens (tertiary/aromatic N) is 2. The van der Waals surface area contributed by atoms with E-state index in [1.54, 1.807) is 30.7 Å². The highest BCUT2D eigenvalue weighted by Crippen LogP contribution is 2.30. The molecule has 9 heteroatoms. The molecule has 0 aliphatic heterocycles. The van der Waals surface area contributed by atoms with Gasteiger partial charge in [-0.15, -0.1) is 11.3 Å². The molecule has 0 aliphatic carbocycles. The molecule has 2 aromatic heterocycles. The van der Waals surface area contributed by atoms with Gasteiger partial charge in [0.25, 0.3) is 5.91 Å². The fourth-order valence-corrected chi connectivity index (χ4v) is 4.70. The van der Waals surface area contributed by atoms with Crippen molar-refractivity contribution < 1.29 is 19.1 Å². The Morgan fingerprint density at radius 1 is 0.946 bits per heavy atom. The largest absolute Gasteiger partial charge is 0.497 e. The number of rotatable bonds is 7. The summed E-state index contributed by atoms with van der Waals surface area (Å²) in [7, 11) is 1.60. The predicted octanol–water partition coefficient (Wildman–Crippen LogP) is 6.48. The number of anilines is 1. The Kier molecular flexibility index (Phi) is 7.11. The fourth-order valence-electron chi connectivity index (χ4n) is 3.74. The van der Waals surface area contributed by atoms with Crippen LogP contribution < -0.4 is 10.1 Å². The number of benzene rings is 3. The fraction of sp³-hybridized carbons (Fsp3) is 0.0714. The lowest BCUT2D eigenvalue weighted by atomic mass is 10.0. The number of thiazole rings is 1. The number of ether oxygens (including phenoxy) is 2. The molecule has 0 bridgehead atoms. The Balaban J connectivity index is 1.31. The maximum Gasteiger partial charge on any atom is 0.339 e. The molecule has 0 radical (unpaired) electrons. The molecule has 1 N–H and O–H groups in total. The van der Waals surface area contributed by atoms with Gasteiger partial charge >= 0.3 is 5.97 Å². The summed E-state index contributed by atoms with van der Waals surface area (Å²) in [5.74, 6) is -0.407. The molecule has 0 fully saturated rings. The van der Waals surface area contributed by atoms with Gasteiger partial charge in [0.05, 0.1) is 29.6 Å². The number of methoxy groups -OCH3 is 1. The second-order valence-corrected chi connectivity index (χ2v) is 9.21. The third kappa shape index (κ3) is 5.45. The van der Waals surface area contributed by atoms with E-state index in [2.05, 4.69) is 15.3 Å². The molecular formula is C28H20ClN3O4S. The summed E-state index contributed by atoms with van der Waals surface area (Å²) in [5.41, 5.74) is 3.80. The van der Waals surface area contributed by atoms with E-state index < -0.39 is 18.5 Å². The summed E-state index contributed by atoms with van der Waals surface area (Å²) in [5, 5.41) is 6.05. The highest BCUT2D eigenvalue weighted by Gasteiger charge is 2.17. The Labute approximate surface area is 221 Å². The predicted molar refractivity (Wildman–Crippen MR) is 145 cm³/mol. The maximum atomic E-state index is 13.0. The molecular weight excluding hydrogens is 510 g/mol. The lowest BCUT2D eigenvalue weighted by Crippen LogP contribution is -2.21. The van der Waals surface area contributed by atoms with Crippen molar-refractivity contribution in [1.29, 1.82) is 0 Å². The van der Waals surface area contributed by atoms with Crippen molar-refractivity contribution in [2.45, 2.75) is 0 Å². The molecule has 0 atom stereocenters. The van der Waals surface area contributed by atoms with Gasteiger partial charge in [0.15, 0.2) is 11.7 Å². The summed E-state index contributed by atoms with van der Waals surface area (Å²) < 4.78 is 10.6. The summed E-state index contributed by atoms with van der Waals surface area (Å²) >= 11 is 7.49. The first-order valence-corrected chi connectivity index (χ1v) is 12.5. The number of halogens is 1. The summed E-state index contributed by atoms with van der Waals surface area (Å²) in [6.07, 6.45) is 0. The van der Waals surface area contributed by atoms with Crippen LogP contribution in [0.2, 0.25) is 5.02 Å². The zero-order valence-electron chi connectivity index (χ0n) is 19.6. The molecule has 0 saturated carbocycles. The van der Waals surface area contributed by atoms with Crippen molar-refractivity contribution in [3.8, 4) is 28.3 Å². The van der Waals surface area contributed by atoms with Crippen molar-refractivity contribution in [2.75, 3.05) is 19.0 Å². The number of hydrogen-bond acceptors (Lipinski definition) is 7. The first-order chi connectivity index (χ1) is 18.0. The number of nitrogens with one attached hydrogen (secondary N) is 1. The summed E-state index contributed by atoms with van der Waals surface area (Å²) in [6, 6.07) is 23.7. The minimum Gasteiger partial charge on any atom is -0.497 e. The van der Waals surface area contributed by atoms with Gasteiger partial charge < -0.3 is 9.47 Å². The molecule has 0 aliphatic rings. The number of para-hydroxylation sites is 1. The highest BCUT2D eigenvalue weighted by atomic mass is 35.5. The van der Waals surface area contributed by atoms with Gasteiger partial charge in [0, 0.05) is 26.9 Å². The quantitative estimate of drug-likeness (QED) is 0.243. The van der Waals surface area contributed by atoms with Crippen LogP contribution in [0.5, 0.6) is 5.75 Å². The Hall–Kier alpha value is -4.27. The van der Waals surface area contributed by atoms with Crippen LogP contribution in [0, 0.1) is 0 Å². The summed E-state index contributed by atoms with van der Waals surface area (Å²) in [6.45, 7) is -0.464. The number of carbonyl (C=O) groups is 2. The lowest BCUT2D eigenvalue weighted by Gasteiger charge is -2.10. The number of hydrogen-bond donors (Lipinski definition) is 1. The van der Waals surface area contributed by atoms with E-state index >= 15 is 0 Å². The van der Waals surface area contributed by atoms with E-state index in [1.807, 2.05) is 60.7 Å². The lowest BCUT2D eigenvalue weighted by molar-refractivity contribution is -0.119. The molecule has 37 heavy (non-hydrogen) atoms. The van der Waals surface area contributed by atoms with Gasteiger partial charge in [-0.25, -0.2) is 14.8 Å². The van der Waals surface area contributed by atoms with E-state index in [-0.39, 0.29) is 0 Å². The van der Waals surface area contributed by atoms with Gasteiger partial charge in [-0.3, -0.25) is 10.1 Å². The normalized spacial score (nSPS) is 10.8. The minimum atomic E-state index is -0.626. The smallest absolute Gasteiger partial charge is 0.339 e. The number of aromatic nitrogens is 2. The van der Waals surface area contributed by atoms with Gasteiger partial charge in [-0.1, -0.05) is 48.0 Å². The SMILES string of the molecule is COc1ccc(-c2cc(C(=O)OCC(=O)Nc3nc(-c4ccccc4Cl)cs3)c3ccccc3n2)cc1. The highest BCUT2D eigenvalue weighted by molar-refractivity contribution is 7.14. The molecule has 7 nitrogen and oxygen atoms in total. The zero-order valence-corrected chi connectivity index (χ0v) is 21.2. The third-order valence-electron chi connectivity index (χ3n) is 5.56. The van der Waals surface area contributed by atoms with E-state index in [4.69, 9.17) is 21.1 Å². The van der Waals surface area contributed by atoms with Crippen LogP contribution in [-0.4, -0.2) is 35.6 Å². The van der Waals surface area contributed by atoms with E-state index in [0.717, 1.165) is 16.9 Å². The van der Waals surface area contributed by atoms with E-state index in [0.29, 0.717) is 38.0 Å². The Morgan fingerprint density at radius 2 is 1.70 bits per heavy atom. The average molecular weight is 530 g/mol. The Bertz CT molecular complexity index is 1600. The molecule has 0 unspecified atom stereocenters. The number of pyridine rings is 1. The second-order valence-electron chi connectivity index (χ2n) is 7.94. The standard InChI is InChI=1S/C28H20ClN3O4S/c1-35-18-12-10-17(11-13-18)24-14-21(19-6-3-5-9-23(19)30-24)27(34)36-15-26(33)32-28-31-25(16-37-28)20-7-2-4-8-22(20)29/h2-14,16H,15H2,1H3,(H,31,32,33). The molecule has 0 saturated heterocycles. The molecule has 0 spiro atoms. The van der Waals surface area contributed by atoms with E-state index in [1.165, 1.54) is 11.3 Å². The van der Waals surface area contributed by atoms with Gasteiger partial charge in [-0.05, 0) is 42.5 Å². The zero-order chi connectivity index (χ0) is 25.8. The number of amides is 1. The second kappa shape index (κ2) is 10.8. The van der Waals surface area contributed by atoms with Crippen LogP contribution in [0.3, 0.4) is 0 Å². The molecule has 5 aromatic rings. The van der Waals surface area contributed by atoms with Gasteiger partial charge in [0.1, 0.15) is 5.75 Å². The van der Waals surface area contributed by atoms with Crippen molar-refractivity contribution in [3.05, 3.63) is 94.8 Å². The first kappa shape index (κ1) is 24.4. The van der Waals surface area contributed by atoms with Crippen LogP contribution in [0.15, 0.2) is 84.2 Å². The number of esters is 1. The van der Waals surface area contributed by atoms with Crippen LogP contribution >= 0.6 is 22.9 Å². The van der Waals surface area contributed by atoms with Crippen LogP contribution in [0.25, 0.3) is 33.4 Å². The minimum absolute atomic E-state index is 0.319. The average Bonchev–Trinajstić information content (AvgIpc) is 3.39. The molecule has 1 amide bonds. The third-order valence-corrected chi connectivity index (χ3v) is 6.64. The molecule has 3 aromatic carbocycles. The topological polar surface area (TPSA) is 90.4 Å². The van der Waals surface area contributed by atoms with Crippen molar-refractivity contribution in [3.63, 3.8) is 0 Å². The van der Waals surface area contributed by atoms with Crippen LogP contribution in [0.4, 0.5) is 5.13 Å². The van der Waals surface area contributed by atoms with Gasteiger partial charge in [-0.2, -0.15) is 0 Å². The monoisotopic (exact) mass is 529 g/mol. The van der Waals surface area contributed by atoms with Crippen molar-refractivity contribution in [2.24, 2.45) is 0 Å². The van der Waals surface area contributed by atoms with Crippen molar-refractivity contribution >= 4 is 50.8 Å². The van der Waals surface area contributed by atoms with Crippen LogP contribution in [0.1, 0.15) is 10.4 Å². The molecule has 184 valence electrons. The van der Waals surface area contributed by atoms with Crippen LogP contribution in [-0.2, 0) is 9.53 Å². The number of fused-ring (bicyclic) bond motifs is 1. The van der Waals surface area contributed by atoms with Crippen molar-refractivity contribution in [1.82, 2.24) is 9.97 Å². The number of carbonyl (C=O) groups excluding carboxylic acids is 2. The Morgan fingerprint density at radius 3 is 2.49 bits per heavy atom. The summed E-state index contributed by atoms with van der Waals surface area (Å²) in [4.78, 5) is 34.6.